The SMILES string of the molecule is CCc1cc(NC2CCN(C(=O)OC(C)C)CC2)nc(C)n1. The summed E-state index contributed by atoms with van der Waals surface area (Å²) in [5.41, 5.74) is 1.05. The number of carbonyl (C=O) groups excluding carboxylic acids is 1. The fourth-order valence-corrected chi connectivity index (χ4v) is 2.58. The van der Waals surface area contributed by atoms with E-state index in [1.54, 1.807) is 4.90 Å². The van der Waals surface area contributed by atoms with Crippen LogP contribution in [-0.2, 0) is 11.2 Å². The number of aryl methyl sites for hydroxylation is 2. The van der Waals surface area contributed by atoms with Gasteiger partial charge in [0, 0.05) is 30.9 Å². The average Bonchev–Trinajstić information content (AvgIpc) is 2.46. The van der Waals surface area contributed by atoms with E-state index in [0.717, 1.165) is 36.6 Å². The van der Waals surface area contributed by atoms with Crippen LogP contribution in [0.1, 0.15) is 45.1 Å². The molecule has 1 aromatic heterocycles. The van der Waals surface area contributed by atoms with Crippen LogP contribution in [0, 0.1) is 6.92 Å². The van der Waals surface area contributed by atoms with Gasteiger partial charge in [0.05, 0.1) is 6.10 Å². The Morgan fingerprint density at radius 3 is 2.68 bits per heavy atom. The van der Waals surface area contributed by atoms with E-state index in [0.29, 0.717) is 19.1 Å². The molecule has 1 aromatic rings. The third kappa shape index (κ3) is 4.58. The fraction of sp³-hybridized carbons (Fsp3) is 0.688. The van der Waals surface area contributed by atoms with Gasteiger partial charge in [-0.3, -0.25) is 0 Å². The van der Waals surface area contributed by atoms with Gasteiger partial charge in [0.25, 0.3) is 0 Å². The molecule has 1 fully saturated rings. The van der Waals surface area contributed by atoms with Crippen LogP contribution in [-0.4, -0.2) is 46.2 Å². The summed E-state index contributed by atoms with van der Waals surface area (Å²) in [7, 11) is 0. The lowest BCUT2D eigenvalue weighted by atomic mass is 10.1. The Bertz CT molecular complexity index is 511. The van der Waals surface area contributed by atoms with Gasteiger partial charge in [0.2, 0.25) is 0 Å². The van der Waals surface area contributed by atoms with Crippen LogP contribution in [0.3, 0.4) is 0 Å². The minimum atomic E-state index is -0.209. The molecule has 6 nitrogen and oxygen atoms in total. The lowest BCUT2D eigenvalue weighted by molar-refractivity contribution is 0.0701. The predicted octanol–water partition coefficient (Wildman–Crippen LogP) is 2.77. The number of amides is 1. The van der Waals surface area contributed by atoms with Crippen molar-refractivity contribution >= 4 is 11.9 Å². The molecule has 0 bridgehead atoms. The normalized spacial score (nSPS) is 16.0. The molecule has 1 N–H and O–H groups in total. The lowest BCUT2D eigenvalue weighted by Gasteiger charge is -2.32. The van der Waals surface area contributed by atoms with E-state index in [2.05, 4.69) is 22.2 Å². The van der Waals surface area contributed by atoms with Crippen LogP contribution in [0.25, 0.3) is 0 Å². The maximum Gasteiger partial charge on any atom is 0.410 e. The summed E-state index contributed by atoms with van der Waals surface area (Å²) in [5.74, 6) is 1.67. The number of ether oxygens (including phenoxy) is 1. The van der Waals surface area contributed by atoms with Gasteiger partial charge in [-0.2, -0.15) is 0 Å². The monoisotopic (exact) mass is 306 g/mol. The smallest absolute Gasteiger partial charge is 0.410 e. The summed E-state index contributed by atoms with van der Waals surface area (Å²) in [5, 5.41) is 3.47. The Kier molecular flexibility index (Phi) is 5.57. The topological polar surface area (TPSA) is 67.4 Å². The molecule has 2 rings (SSSR count). The number of nitrogens with zero attached hydrogens (tertiary/aromatic N) is 3. The number of rotatable bonds is 4. The number of anilines is 1. The Balaban J connectivity index is 1.87. The summed E-state index contributed by atoms with van der Waals surface area (Å²) < 4.78 is 5.24. The highest BCUT2D eigenvalue weighted by atomic mass is 16.6. The molecule has 0 radical (unpaired) electrons. The summed E-state index contributed by atoms with van der Waals surface area (Å²) in [4.78, 5) is 22.5. The zero-order chi connectivity index (χ0) is 16.1. The van der Waals surface area contributed by atoms with Crippen LogP contribution < -0.4 is 5.32 Å². The molecule has 2 heterocycles. The van der Waals surface area contributed by atoms with E-state index in [1.807, 2.05) is 26.8 Å². The molecule has 6 heteroatoms. The second-order valence-corrected chi connectivity index (χ2v) is 5.98. The van der Waals surface area contributed by atoms with Crippen molar-refractivity contribution in [3.63, 3.8) is 0 Å². The average molecular weight is 306 g/mol. The van der Waals surface area contributed by atoms with E-state index in [4.69, 9.17) is 4.74 Å². The number of carbonyl (C=O) groups is 1. The van der Waals surface area contributed by atoms with Gasteiger partial charge in [-0.25, -0.2) is 14.8 Å². The highest BCUT2D eigenvalue weighted by Crippen LogP contribution is 2.17. The molecule has 122 valence electrons. The van der Waals surface area contributed by atoms with Crippen LogP contribution in [0.15, 0.2) is 6.07 Å². The molecule has 0 atom stereocenters. The van der Waals surface area contributed by atoms with Gasteiger partial charge in [-0.1, -0.05) is 6.92 Å². The molecule has 1 saturated heterocycles. The maximum atomic E-state index is 11.9. The highest BCUT2D eigenvalue weighted by Gasteiger charge is 2.24. The maximum absolute atomic E-state index is 11.9. The summed E-state index contributed by atoms with van der Waals surface area (Å²) in [6, 6.07) is 2.34. The number of piperidine rings is 1. The molecule has 0 spiro atoms. The Morgan fingerprint density at radius 1 is 1.41 bits per heavy atom. The molecule has 1 aliphatic rings. The third-order valence-corrected chi connectivity index (χ3v) is 3.69. The molecule has 1 amide bonds. The first-order valence-electron chi connectivity index (χ1n) is 8.04. The lowest BCUT2D eigenvalue weighted by Crippen LogP contribution is -2.43. The zero-order valence-electron chi connectivity index (χ0n) is 13.9. The van der Waals surface area contributed by atoms with Crippen LogP contribution in [0.2, 0.25) is 0 Å². The Labute approximate surface area is 132 Å². The van der Waals surface area contributed by atoms with E-state index >= 15 is 0 Å². The van der Waals surface area contributed by atoms with E-state index in [1.165, 1.54) is 0 Å². The van der Waals surface area contributed by atoms with Crippen LogP contribution >= 0.6 is 0 Å². The summed E-state index contributed by atoms with van der Waals surface area (Å²) in [6.07, 6.45) is 2.42. The van der Waals surface area contributed by atoms with E-state index in [-0.39, 0.29) is 12.2 Å². The second kappa shape index (κ2) is 7.42. The van der Waals surface area contributed by atoms with Crippen molar-refractivity contribution in [2.75, 3.05) is 18.4 Å². The molecule has 22 heavy (non-hydrogen) atoms. The van der Waals surface area contributed by atoms with Gasteiger partial charge in [0.15, 0.2) is 0 Å². The van der Waals surface area contributed by atoms with Crippen LogP contribution in [0.5, 0.6) is 0 Å². The quantitative estimate of drug-likeness (QED) is 0.926. The Hall–Kier alpha value is -1.85. The summed E-state index contributed by atoms with van der Waals surface area (Å²) >= 11 is 0. The van der Waals surface area contributed by atoms with Crippen molar-refractivity contribution in [3.8, 4) is 0 Å². The first kappa shape index (κ1) is 16.5. The minimum Gasteiger partial charge on any atom is -0.447 e. The van der Waals surface area contributed by atoms with Gasteiger partial charge in [-0.05, 0) is 40.0 Å². The molecule has 0 aromatic carbocycles. The third-order valence-electron chi connectivity index (χ3n) is 3.69. The molecular weight excluding hydrogens is 280 g/mol. The zero-order valence-corrected chi connectivity index (χ0v) is 13.9. The number of hydrogen-bond acceptors (Lipinski definition) is 5. The predicted molar refractivity (Wildman–Crippen MR) is 86.0 cm³/mol. The first-order chi connectivity index (χ1) is 10.5. The standard InChI is InChI=1S/C16H26N4O2/c1-5-13-10-15(18-12(4)17-13)19-14-6-8-20(9-7-14)16(21)22-11(2)3/h10-11,14H,5-9H2,1-4H3,(H,17,18,19). The fourth-order valence-electron chi connectivity index (χ4n) is 2.58. The van der Waals surface area contributed by atoms with Gasteiger partial charge in [-0.15, -0.1) is 0 Å². The minimum absolute atomic E-state index is 0.0696. The van der Waals surface area contributed by atoms with E-state index in [9.17, 15) is 4.79 Å². The summed E-state index contributed by atoms with van der Waals surface area (Å²) in [6.45, 7) is 9.17. The van der Waals surface area contributed by atoms with Gasteiger partial charge in [0.1, 0.15) is 11.6 Å². The largest absolute Gasteiger partial charge is 0.447 e. The van der Waals surface area contributed by atoms with Crippen molar-refractivity contribution in [2.45, 2.75) is 59.1 Å². The second-order valence-electron chi connectivity index (χ2n) is 5.98. The van der Waals surface area contributed by atoms with Crippen molar-refractivity contribution < 1.29 is 9.53 Å². The van der Waals surface area contributed by atoms with Crippen molar-refractivity contribution in [1.82, 2.24) is 14.9 Å². The number of likely N-dealkylation sites (tertiary alicyclic amines) is 1. The molecular formula is C16H26N4O2. The van der Waals surface area contributed by atoms with Crippen molar-refractivity contribution in [3.05, 3.63) is 17.6 Å². The molecule has 1 aliphatic heterocycles. The van der Waals surface area contributed by atoms with Gasteiger partial charge >= 0.3 is 6.09 Å². The highest BCUT2D eigenvalue weighted by molar-refractivity contribution is 5.67. The van der Waals surface area contributed by atoms with E-state index < -0.39 is 0 Å². The van der Waals surface area contributed by atoms with Crippen molar-refractivity contribution in [2.24, 2.45) is 0 Å². The number of hydrogen-bond donors (Lipinski definition) is 1. The number of aromatic nitrogens is 2. The van der Waals surface area contributed by atoms with Crippen molar-refractivity contribution in [1.29, 1.82) is 0 Å². The molecule has 0 aliphatic carbocycles. The first-order valence-corrected chi connectivity index (χ1v) is 8.04. The molecule has 0 unspecified atom stereocenters. The van der Waals surface area contributed by atoms with Gasteiger partial charge < -0.3 is 15.0 Å². The number of nitrogens with one attached hydrogen (secondary N) is 1. The Morgan fingerprint density at radius 2 is 2.09 bits per heavy atom. The van der Waals surface area contributed by atoms with Crippen LogP contribution in [0.4, 0.5) is 10.6 Å². The molecule has 0 saturated carbocycles.